The molecule has 2 aromatic carbocycles. The van der Waals surface area contributed by atoms with Gasteiger partial charge in [-0.2, -0.15) is 5.26 Å². The van der Waals surface area contributed by atoms with Crippen LogP contribution in [0, 0.1) is 11.3 Å². The SMILES string of the molecule is COc1cccc(-c2[nH]nc3c2[C@H](c2ccc(NC(C)=O)cc2)C(C#N)=C(N)O3)c1. The van der Waals surface area contributed by atoms with Gasteiger partial charge in [-0.25, -0.2) is 0 Å². The Morgan fingerprint density at radius 3 is 2.73 bits per heavy atom. The number of allylic oxidation sites excluding steroid dienone is 1. The van der Waals surface area contributed by atoms with Crippen molar-refractivity contribution in [1.82, 2.24) is 10.2 Å². The van der Waals surface area contributed by atoms with Gasteiger partial charge in [-0.05, 0) is 29.8 Å². The van der Waals surface area contributed by atoms with Crippen LogP contribution in [0.25, 0.3) is 11.3 Å². The number of benzene rings is 2. The van der Waals surface area contributed by atoms with Crippen LogP contribution < -0.4 is 20.5 Å². The zero-order chi connectivity index (χ0) is 21.3. The Bertz CT molecular complexity index is 1190. The van der Waals surface area contributed by atoms with Gasteiger partial charge in [-0.1, -0.05) is 24.3 Å². The highest BCUT2D eigenvalue weighted by atomic mass is 16.5. The Balaban J connectivity index is 1.85. The first kappa shape index (κ1) is 19.1. The number of anilines is 1. The highest BCUT2D eigenvalue weighted by Gasteiger charge is 2.35. The number of hydrogen-bond donors (Lipinski definition) is 3. The number of methoxy groups -OCH3 is 1. The summed E-state index contributed by atoms with van der Waals surface area (Å²) in [5, 5.41) is 19.8. The van der Waals surface area contributed by atoms with Crippen LogP contribution in [0.2, 0.25) is 0 Å². The largest absolute Gasteiger partial charge is 0.497 e. The first-order chi connectivity index (χ1) is 14.5. The van der Waals surface area contributed by atoms with E-state index in [1.54, 1.807) is 19.2 Å². The van der Waals surface area contributed by atoms with E-state index in [-0.39, 0.29) is 11.8 Å². The first-order valence-corrected chi connectivity index (χ1v) is 9.19. The van der Waals surface area contributed by atoms with Crippen molar-refractivity contribution in [2.24, 2.45) is 5.73 Å². The van der Waals surface area contributed by atoms with E-state index < -0.39 is 5.92 Å². The van der Waals surface area contributed by atoms with Crippen molar-refractivity contribution in [3.63, 3.8) is 0 Å². The predicted molar refractivity (Wildman–Crippen MR) is 111 cm³/mol. The molecule has 0 spiro atoms. The second-order valence-corrected chi connectivity index (χ2v) is 6.78. The van der Waals surface area contributed by atoms with E-state index in [1.165, 1.54) is 6.92 Å². The molecule has 2 heterocycles. The Morgan fingerprint density at radius 2 is 2.07 bits per heavy atom. The second-order valence-electron chi connectivity index (χ2n) is 6.78. The molecular formula is C22H19N5O3. The van der Waals surface area contributed by atoms with Crippen LogP contribution in [0.3, 0.4) is 0 Å². The van der Waals surface area contributed by atoms with Crippen LogP contribution in [-0.2, 0) is 4.79 Å². The fourth-order valence-corrected chi connectivity index (χ4v) is 3.54. The number of nitriles is 1. The van der Waals surface area contributed by atoms with Gasteiger partial charge in [0.15, 0.2) is 0 Å². The van der Waals surface area contributed by atoms with E-state index in [4.69, 9.17) is 15.2 Å². The summed E-state index contributed by atoms with van der Waals surface area (Å²) >= 11 is 0. The van der Waals surface area contributed by atoms with E-state index in [9.17, 15) is 10.1 Å². The summed E-state index contributed by atoms with van der Waals surface area (Å²) in [4.78, 5) is 11.3. The Hall–Kier alpha value is -4.25. The van der Waals surface area contributed by atoms with Crippen LogP contribution in [0.5, 0.6) is 11.6 Å². The Kier molecular flexibility index (Phi) is 4.86. The molecular weight excluding hydrogens is 382 g/mol. The van der Waals surface area contributed by atoms with E-state index >= 15 is 0 Å². The summed E-state index contributed by atoms with van der Waals surface area (Å²) in [5.74, 6) is 0.391. The number of nitrogens with one attached hydrogen (secondary N) is 2. The number of fused-ring (bicyclic) bond motifs is 1. The van der Waals surface area contributed by atoms with Gasteiger partial charge in [0.2, 0.25) is 17.7 Å². The lowest BCUT2D eigenvalue weighted by Gasteiger charge is -2.24. The third-order valence-electron chi connectivity index (χ3n) is 4.86. The maximum Gasteiger partial charge on any atom is 0.244 e. The minimum absolute atomic E-state index is 0.0182. The van der Waals surface area contributed by atoms with Gasteiger partial charge >= 0.3 is 0 Å². The molecule has 3 aromatic rings. The molecule has 0 saturated carbocycles. The average molecular weight is 401 g/mol. The summed E-state index contributed by atoms with van der Waals surface area (Å²) in [6.45, 7) is 1.45. The van der Waals surface area contributed by atoms with E-state index in [0.717, 1.165) is 11.1 Å². The zero-order valence-electron chi connectivity index (χ0n) is 16.4. The normalized spacial score (nSPS) is 15.0. The van der Waals surface area contributed by atoms with Crippen molar-refractivity contribution < 1.29 is 14.3 Å². The van der Waals surface area contributed by atoms with Gasteiger partial charge in [-0.15, -0.1) is 5.10 Å². The third kappa shape index (κ3) is 3.33. The molecule has 0 saturated heterocycles. The van der Waals surface area contributed by atoms with Crippen molar-refractivity contribution in [3.05, 3.63) is 71.1 Å². The lowest BCUT2D eigenvalue weighted by atomic mass is 9.83. The first-order valence-electron chi connectivity index (χ1n) is 9.19. The number of carbonyl (C=O) groups is 1. The molecule has 4 N–H and O–H groups in total. The second kappa shape index (κ2) is 7.64. The Labute approximate surface area is 172 Å². The van der Waals surface area contributed by atoms with Crippen LogP contribution in [0.4, 0.5) is 5.69 Å². The minimum atomic E-state index is -0.481. The van der Waals surface area contributed by atoms with E-state index in [0.29, 0.717) is 34.1 Å². The number of nitrogens with zero attached hydrogens (tertiary/aromatic N) is 2. The molecule has 1 aliphatic heterocycles. The number of aromatic amines is 1. The summed E-state index contributed by atoms with van der Waals surface area (Å²) in [6, 6.07) is 16.9. The number of carbonyl (C=O) groups excluding carboxylic acids is 1. The summed E-state index contributed by atoms with van der Waals surface area (Å²) in [5.41, 5.74) is 10.1. The minimum Gasteiger partial charge on any atom is -0.497 e. The summed E-state index contributed by atoms with van der Waals surface area (Å²) in [7, 11) is 1.60. The van der Waals surface area contributed by atoms with Crippen molar-refractivity contribution >= 4 is 11.6 Å². The highest BCUT2D eigenvalue weighted by molar-refractivity contribution is 5.88. The van der Waals surface area contributed by atoms with Gasteiger partial charge in [0.1, 0.15) is 17.4 Å². The molecule has 0 bridgehead atoms. The lowest BCUT2D eigenvalue weighted by molar-refractivity contribution is -0.114. The van der Waals surface area contributed by atoms with Crippen LogP contribution in [-0.4, -0.2) is 23.2 Å². The maximum absolute atomic E-state index is 11.3. The molecule has 8 heteroatoms. The number of nitrogens with two attached hydrogens (primary N) is 1. The van der Waals surface area contributed by atoms with E-state index in [2.05, 4.69) is 21.6 Å². The van der Waals surface area contributed by atoms with Gasteiger partial charge in [-0.3, -0.25) is 9.89 Å². The molecule has 8 nitrogen and oxygen atoms in total. The van der Waals surface area contributed by atoms with Gasteiger partial charge in [0, 0.05) is 18.2 Å². The van der Waals surface area contributed by atoms with Crippen molar-refractivity contribution in [3.8, 4) is 29.0 Å². The molecule has 1 aliphatic rings. The van der Waals surface area contributed by atoms with Crippen LogP contribution in [0.1, 0.15) is 24.0 Å². The molecule has 150 valence electrons. The van der Waals surface area contributed by atoms with Gasteiger partial charge in [0.05, 0.1) is 24.3 Å². The fourth-order valence-electron chi connectivity index (χ4n) is 3.54. The third-order valence-corrected chi connectivity index (χ3v) is 4.86. The van der Waals surface area contributed by atoms with Crippen LogP contribution >= 0.6 is 0 Å². The monoisotopic (exact) mass is 401 g/mol. The van der Waals surface area contributed by atoms with Crippen molar-refractivity contribution in [2.75, 3.05) is 12.4 Å². The summed E-state index contributed by atoms with van der Waals surface area (Å²) < 4.78 is 11.0. The molecule has 0 unspecified atom stereocenters. The smallest absolute Gasteiger partial charge is 0.244 e. The summed E-state index contributed by atoms with van der Waals surface area (Å²) in [6.07, 6.45) is 0. The fraction of sp³-hybridized carbons (Fsp3) is 0.136. The number of ether oxygens (including phenoxy) is 2. The van der Waals surface area contributed by atoms with Gasteiger partial charge < -0.3 is 20.5 Å². The number of H-pyrrole nitrogens is 1. The average Bonchev–Trinajstić information content (AvgIpc) is 3.16. The highest BCUT2D eigenvalue weighted by Crippen LogP contribution is 2.46. The molecule has 1 amide bonds. The predicted octanol–water partition coefficient (Wildman–Crippen LogP) is 3.26. The quantitative estimate of drug-likeness (QED) is 0.616. The maximum atomic E-state index is 11.3. The lowest BCUT2D eigenvalue weighted by Crippen LogP contribution is -2.21. The Morgan fingerprint density at radius 1 is 1.30 bits per heavy atom. The molecule has 0 aliphatic carbocycles. The molecule has 0 fully saturated rings. The van der Waals surface area contributed by atoms with Crippen molar-refractivity contribution in [1.29, 1.82) is 5.26 Å². The van der Waals surface area contributed by atoms with Crippen molar-refractivity contribution in [2.45, 2.75) is 12.8 Å². The molecule has 1 aromatic heterocycles. The zero-order valence-corrected chi connectivity index (χ0v) is 16.4. The van der Waals surface area contributed by atoms with Crippen LogP contribution in [0.15, 0.2) is 60.0 Å². The topological polar surface area (TPSA) is 126 Å². The number of hydrogen-bond acceptors (Lipinski definition) is 6. The molecule has 0 radical (unpaired) electrons. The molecule has 30 heavy (non-hydrogen) atoms. The number of amides is 1. The number of aromatic nitrogens is 2. The molecule has 4 rings (SSSR count). The standard InChI is InChI=1S/C22H19N5O3/c1-12(28)25-15-8-6-13(7-9-15)18-17(11-23)21(24)30-22-19(18)20(26-27-22)14-4-3-5-16(10-14)29-2/h3-10,18H,24H2,1-2H3,(H,25,28)(H,26,27)/t18-/m1/s1. The van der Waals surface area contributed by atoms with Gasteiger partial charge in [0.25, 0.3) is 0 Å². The molecule has 1 atom stereocenters. The van der Waals surface area contributed by atoms with E-state index in [1.807, 2.05) is 36.4 Å². The number of rotatable bonds is 4.